The summed E-state index contributed by atoms with van der Waals surface area (Å²) in [6.45, 7) is 5.67. The molecule has 1 aliphatic carbocycles. The van der Waals surface area contributed by atoms with Crippen molar-refractivity contribution in [1.82, 2.24) is 0 Å². The van der Waals surface area contributed by atoms with Gasteiger partial charge in [-0.1, -0.05) is 29.3 Å². The predicted molar refractivity (Wildman–Crippen MR) is 108 cm³/mol. The van der Waals surface area contributed by atoms with E-state index in [0.29, 0.717) is 6.61 Å². The summed E-state index contributed by atoms with van der Waals surface area (Å²) in [7, 11) is 1.20. The molecule has 8 heteroatoms. The van der Waals surface area contributed by atoms with E-state index in [1.807, 2.05) is 0 Å². The molecule has 0 radical (unpaired) electrons. The van der Waals surface area contributed by atoms with Crippen LogP contribution >= 0.6 is 23.2 Å². The first kappa shape index (κ1) is 22.0. The van der Waals surface area contributed by atoms with Crippen LogP contribution in [0, 0.1) is 5.92 Å². The van der Waals surface area contributed by atoms with Crippen molar-refractivity contribution >= 4 is 46.5 Å². The number of ether oxygens (including phenoxy) is 2. The molecule has 1 amide bonds. The van der Waals surface area contributed by atoms with E-state index in [4.69, 9.17) is 32.7 Å². The van der Waals surface area contributed by atoms with Gasteiger partial charge in [0.15, 0.2) is 5.78 Å². The van der Waals surface area contributed by atoms with Crippen molar-refractivity contribution in [2.45, 2.75) is 19.8 Å². The fourth-order valence-electron chi connectivity index (χ4n) is 2.58. The van der Waals surface area contributed by atoms with Gasteiger partial charge >= 0.3 is 6.09 Å². The Labute approximate surface area is 173 Å². The topological polar surface area (TPSA) is 72.9 Å². The quantitative estimate of drug-likeness (QED) is 0.141. The van der Waals surface area contributed by atoms with Gasteiger partial charge in [-0.3, -0.25) is 14.5 Å². The average molecular weight is 426 g/mol. The van der Waals surface area contributed by atoms with Gasteiger partial charge < -0.3 is 9.47 Å². The normalized spacial score (nSPS) is 13.6. The maximum absolute atomic E-state index is 13.3. The number of halogens is 2. The minimum atomic E-state index is -0.748. The number of carbonyl (C=O) groups is 3. The second kappa shape index (κ2) is 9.75. The highest BCUT2D eigenvalue weighted by atomic mass is 35.5. The monoisotopic (exact) mass is 425 g/mol. The number of nitrogens with zero attached hydrogens (tertiary/aromatic N) is 1. The SMILES string of the molecule is C=CCN(C(=O)OC)c1c(C(=O)/C(=C\OCC)C(=O)C2CC2)ccc(Cl)c1Cl. The number of methoxy groups -OCH3 is 1. The summed E-state index contributed by atoms with van der Waals surface area (Å²) < 4.78 is 10.0. The standard InChI is InChI=1S/C20H21Cl2NO5/c1-4-10-23(20(26)27-3)17-13(8-9-15(21)16(17)22)19(25)14(11-28-5-2)18(24)12-6-7-12/h4,8-9,11-12H,1,5-7,10H2,2-3H3/b14-11-. The van der Waals surface area contributed by atoms with Crippen LogP contribution in [0.2, 0.25) is 10.0 Å². The Balaban J connectivity index is 2.61. The Morgan fingerprint density at radius 1 is 1.29 bits per heavy atom. The largest absolute Gasteiger partial charge is 0.501 e. The van der Waals surface area contributed by atoms with Crippen LogP contribution in [0.4, 0.5) is 10.5 Å². The molecule has 0 heterocycles. The summed E-state index contributed by atoms with van der Waals surface area (Å²) in [5.74, 6) is -1.08. The molecule has 0 unspecified atom stereocenters. The van der Waals surface area contributed by atoms with E-state index in [-0.39, 0.29) is 45.1 Å². The van der Waals surface area contributed by atoms with Crippen LogP contribution in [-0.4, -0.2) is 37.9 Å². The number of hydrogen-bond donors (Lipinski definition) is 0. The molecule has 0 spiro atoms. The lowest BCUT2D eigenvalue weighted by molar-refractivity contribution is -0.116. The van der Waals surface area contributed by atoms with E-state index in [0.717, 1.165) is 17.7 Å². The summed E-state index contributed by atoms with van der Waals surface area (Å²) in [5, 5.41) is 0.143. The molecule has 0 aliphatic heterocycles. The second-order valence-corrected chi connectivity index (χ2v) is 6.87. The molecule has 1 aromatic rings. The molecule has 150 valence electrons. The second-order valence-electron chi connectivity index (χ2n) is 6.08. The summed E-state index contributed by atoms with van der Waals surface area (Å²) in [5.41, 5.74) is 0.00548. The van der Waals surface area contributed by atoms with Crippen molar-refractivity contribution in [2.24, 2.45) is 5.92 Å². The van der Waals surface area contributed by atoms with E-state index >= 15 is 0 Å². The zero-order valence-electron chi connectivity index (χ0n) is 15.7. The van der Waals surface area contributed by atoms with Crippen LogP contribution in [0.15, 0.2) is 36.6 Å². The van der Waals surface area contributed by atoms with E-state index in [1.165, 1.54) is 31.6 Å². The van der Waals surface area contributed by atoms with E-state index in [2.05, 4.69) is 6.58 Å². The van der Waals surface area contributed by atoms with Crippen LogP contribution in [0.25, 0.3) is 0 Å². The minimum Gasteiger partial charge on any atom is -0.501 e. The number of Topliss-reactive ketones (excluding diaryl/α,β-unsaturated/α-hetero) is 2. The Morgan fingerprint density at radius 3 is 2.50 bits per heavy atom. The van der Waals surface area contributed by atoms with Crippen LogP contribution in [0.5, 0.6) is 0 Å². The van der Waals surface area contributed by atoms with Gasteiger partial charge in [-0.2, -0.15) is 0 Å². The molecule has 1 saturated carbocycles. The fourth-order valence-corrected chi connectivity index (χ4v) is 3.00. The van der Waals surface area contributed by atoms with Gasteiger partial charge in [-0.05, 0) is 31.9 Å². The highest BCUT2D eigenvalue weighted by molar-refractivity contribution is 6.45. The fraction of sp³-hybridized carbons (Fsp3) is 0.350. The number of benzene rings is 1. The van der Waals surface area contributed by atoms with Crippen molar-refractivity contribution in [3.05, 3.63) is 52.2 Å². The van der Waals surface area contributed by atoms with Gasteiger partial charge in [-0.25, -0.2) is 4.79 Å². The molecule has 28 heavy (non-hydrogen) atoms. The average Bonchev–Trinajstić information content (AvgIpc) is 3.53. The van der Waals surface area contributed by atoms with Crippen LogP contribution in [-0.2, 0) is 14.3 Å². The van der Waals surface area contributed by atoms with Gasteiger partial charge in [0.1, 0.15) is 5.57 Å². The molecule has 0 saturated heterocycles. The number of anilines is 1. The Hall–Kier alpha value is -2.31. The zero-order valence-corrected chi connectivity index (χ0v) is 17.2. The van der Waals surface area contributed by atoms with Crippen LogP contribution < -0.4 is 4.90 Å². The van der Waals surface area contributed by atoms with Crippen LogP contribution in [0.3, 0.4) is 0 Å². The third-order valence-electron chi connectivity index (χ3n) is 4.12. The highest BCUT2D eigenvalue weighted by Gasteiger charge is 2.37. The summed E-state index contributed by atoms with van der Waals surface area (Å²) in [4.78, 5) is 39.3. The van der Waals surface area contributed by atoms with Gasteiger partial charge in [0.25, 0.3) is 0 Å². The molecule has 1 fully saturated rings. The number of hydrogen-bond acceptors (Lipinski definition) is 5. The Bertz CT molecular complexity index is 830. The maximum Gasteiger partial charge on any atom is 0.414 e. The lowest BCUT2D eigenvalue weighted by atomic mass is 9.97. The van der Waals surface area contributed by atoms with Crippen molar-refractivity contribution < 1.29 is 23.9 Å². The summed E-state index contributed by atoms with van der Waals surface area (Å²) in [6, 6.07) is 2.86. The first-order valence-corrected chi connectivity index (χ1v) is 9.47. The van der Waals surface area contributed by atoms with E-state index in [9.17, 15) is 14.4 Å². The highest BCUT2D eigenvalue weighted by Crippen LogP contribution is 2.39. The van der Waals surface area contributed by atoms with Gasteiger partial charge in [0.2, 0.25) is 5.78 Å². The molecular weight excluding hydrogens is 405 g/mol. The lowest BCUT2D eigenvalue weighted by Crippen LogP contribution is -2.33. The van der Waals surface area contributed by atoms with Gasteiger partial charge in [-0.15, -0.1) is 6.58 Å². The molecule has 1 aromatic carbocycles. The third-order valence-corrected chi connectivity index (χ3v) is 4.91. The van der Waals surface area contributed by atoms with Crippen LogP contribution in [0.1, 0.15) is 30.1 Å². The Morgan fingerprint density at radius 2 is 1.96 bits per heavy atom. The third kappa shape index (κ3) is 4.75. The molecule has 1 aliphatic rings. The molecule has 6 nitrogen and oxygen atoms in total. The number of ketones is 2. The van der Waals surface area contributed by atoms with Crippen molar-refractivity contribution in [3.8, 4) is 0 Å². The Kier molecular flexibility index (Phi) is 7.66. The molecule has 2 rings (SSSR count). The predicted octanol–water partition coefficient (Wildman–Crippen LogP) is 4.83. The van der Waals surface area contributed by atoms with Gasteiger partial charge in [0, 0.05) is 18.0 Å². The van der Waals surface area contributed by atoms with Crippen molar-refractivity contribution in [1.29, 1.82) is 0 Å². The molecule has 0 aromatic heterocycles. The van der Waals surface area contributed by atoms with Gasteiger partial charge in [0.05, 0.1) is 35.7 Å². The zero-order chi connectivity index (χ0) is 20.8. The summed E-state index contributed by atoms with van der Waals surface area (Å²) >= 11 is 12.4. The number of carbonyl (C=O) groups excluding carboxylic acids is 3. The number of rotatable bonds is 9. The van der Waals surface area contributed by atoms with Crippen molar-refractivity contribution in [3.63, 3.8) is 0 Å². The molecular formula is C20H21Cl2NO5. The number of amides is 1. The van der Waals surface area contributed by atoms with E-state index < -0.39 is 11.9 Å². The van der Waals surface area contributed by atoms with Crippen molar-refractivity contribution in [2.75, 3.05) is 25.2 Å². The first-order chi connectivity index (χ1) is 13.4. The number of allylic oxidation sites excluding steroid dienone is 1. The first-order valence-electron chi connectivity index (χ1n) is 8.72. The maximum atomic E-state index is 13.3. The lowest BCUT2D eigenvalue weighted by Gasteiger charge is -2.24. The molecule has 0 atom stereocenters. The minimum absolute atomic E-state index is 0.00519. The smallest absolute Gasteiger partial charge is 0.414 e. The van der Waals surface area contributed by atoms with E-state index in [1.54, 1.807) is 6.92 Å². The molecule has 0 bridgehead atoms. The summed E-state index contributed by atoms with van der Waals surface area (Å²) in [6.07, 6.45) is 3.34. The molecule has 0 N–H and O–H groups in total.